The summed E-state index contributed by atoms with van der Waals surface area (Å²) in [6.45, 7) is 9.65. The highest BCUT2D eigenvalue weighted by Crippen LogP contribution is 2.32. The van der Waals surface area contributed by atoms with Gasteiger partial charge in [0, 0.05) is 28.5 Å². The molecule has 254 valence electrons. The molecule has 2 aromatic rings. The second kappa shape index (κ2) is 17.6. The van der Waals surface area contributed by atoms with Gasteiger partial charge >= 0.3 is 0 Å². The van der Waals surface area contributed by atoms with Gasteiger partial charge in [-0.15, -0.1) is 0 Å². The number of halogens is 2. The first-order valence-electron chi connectivity index (χ1n) is 16.2. The van der Waals surface area contributed by atoms with Crippen molar-refractivity contribution in [1.29, 1.82) is 0 Å². The fraction of sp³-hybridized carbons (Fsp3) is 0.583. The van der Waals surface area contributed by atoms with E-state index in [9.17, 15) is 9.59 Å². The maximum Gasteiger partial charge on any atom is 0.261 e. The number of quaternary nitrogens is 2. The third-order valence-electron chi connectivity index (χ3n) is 8.59. The van der Waals surface area contributed by atoms with Crippen LogP contribution >= 0.6 is 0 Å². The number of nitrogens with zero attached hydrogens (tertiary/aromatic N) is 4. The lowest BCUT2D eigenvalue weighted by atomic mass is 9.88. The van der Waals surface area contributed by atoms with Crippen LogP contribution in [0.4, 0.5) is 0 Å². The molecule has 0 radical (unpaired) electrons. The van der Waals surface area contributed by atoms with Gasteiger partial charge in [-0.3, -0.25) is 14.5 Å². The summed E-state index contributed by atoms with van der Waals surface area (Å²) in [5.74, 6) is 6.63. The van der Waals surface area contributed by atoms with Crippen LogP contribution in [0.3, 0.4) is 0 Å². The van der Waals surface area contributed by atoms with Crippen LogP contribution in [0.15, 0.2) is 41.6 Å². The molecule has 2 amide bonds. The Hall–Kier alpha value is -2.45. The van der Waals surface area contributed by atoms with Crippen molar-refractivity contribution in [3.8, 4) is 11.8 Å². The fourth-order valence-corrected chi connectivity index (χ4v) is 6.64. The smallest absolute Gasteiger partial charge is 0.261 e. The Morgan fingerprint density at radius 1 is 0.848 bits per heavy atom. The van der Waals surface area contributed by atoms with Crippen LogP contribution < -0.4 is 34.0 Å². The molecular weight excluding hydrogens is 712 g/mol. The van der Waals surface area contributed by atoms with Crippen LogP contribution in [-0.4, -0.2) is 106 Å². The van der Waals surface area contributed by atoms with E-state index >= 15 is 0 Å². The zero-order valence-electron chi connectivity index (χ0n) is 28.5. The third-order valence-corrected chi connectivity index (χ3v) is 8.59. The van der Waals surface area contributed by atoms with Crippen molar-refractivity contribution in [2.24, 2.45) is 10.6 Å². The van der Waals surface area contributed by atoms with Crippen LogP contribution in [0.1, 0.15) is 79.5 Å². The van der Waals surface area contributed by atoms with Crippen LogP contribution in [0.5, 0.6) is 0 Å². The molecule has 4 rings (SSSR count). The summed E-state index contributed by atoms with van der Waals surface area (Å²) in [4.78, 5) is 33.2. The second-order valence-corrected chi connectivity index (χ2v) is 14.5. The lowest BCUT2D eigenvalue weighted by Crippen LogP contribution is -3.00. The number of amides is 2. The summed E-state index contributed by atoms with van der Waals surface area (Å²) in [6.07, 6.45) is 8.11. The molecule has 0 spiro atoms. The molecule has 0 aromatic heterocycles. The van der Waals surface area contributed by atoms with Crippen LogP contribution in [-0.2, 0) is 9.57 Å². The standard InChI is InChI=1S/C36H52N4O4.2BrH/c1-36(2,27-38-34(41)30-19-15-17-29-18-16-20-31(33(29)30)35(38)42)28-40(5,6)24-12-10-8-7-9-11-22-39(3,4)23-13-14-25-43-32-21-26-44-37-32;;/h15-20H,7-12,21-28H2,1-6H3;2*1H/q+2;;/p-2. The molecule has 0 saturated carbocycles. The maximum absolute atomic E-state index is 13.4. The number of ether oxygens (including phenoxy) is 1. The number of imide groups is 1. The van der Waals surface area contributed by atoms with Crippen molar-refractivity contribution in [3.05, 3.63) is 47.5 Å². The number of oxime groups is 1. The third kappa shape index (κ3) is 11.4. The summed E-state index contributed by atoms with van der Waals surface area (Å²) >= 11 is 0. The molecule has 0 aliphatic carbocycles. The van der Waals surface area contributed by atoms with Gasteiger partial charge in [-0.2, -0.15) is 0 Å². The number of carbonyl (C=O) groups is 2. The molecule has 2 aliphatic rings. The lowest BCUT2D eigenvalue weighted by molar-refractivity contribution is -0.896. The lowest BCUT2D eigenvalue weighted by Gasteiger charge is -2.40. The summed E-state index contributed by atoms with van der Waals surface area (Å²) in [5, 5.41) is 5.55. The van der Waals surface area contributed by atoms with Crippen LogP contribution in [0.25, 0.3) is 10.8 Å². The van der Waals surface area contributed by atoms with Gasteiger partial charge < -0.3 is 52.5 Å². The summed E-state index contributed by atoms with van der Waals surface area (Å²) in [5.41, 5.74) is 1.05. The molecule has 2 aromatic carbocycles. The Morgan fingerprint density at radius 2 is 1.41 bits per heavy atom. The minimum absolute atomic E-state index is 0. The number of unbranched alkanes of at least 4 members (excludes halogenated alkanes) is 5. The first kappa shape index (κ1) is 39.7. The van der Waals surface area contributed by atoms with Crippen LogP contribution in [0.2, 0.25) is 0 Å². The van der Waals surface area contributed by atoms with E-state index in [2.05, 4.69) is 59.0 Å². The quantitative estimate of drug-likeness (QED) is 0.109. The molecule has 0 unspecified atom stereocenters. The average Bonchev–Trinajstić information content (AvgIpc) is 3.48. The van der Waals surface area contributed by atoms with E-state index in [1.54, 1.807) is 0 Å². The first-order chi connectivity index (χ1) is 20.9. The number of rotatable bonds is 15. The van der Waals surface area contributed by atoms with Crippen molar-refractivity contribution in [1.82, 2.24) is 4.90 Å². The molecule has 0 N–H and O–H groups in total. The highest BCUT2D eigenvalue weighted by molar-refractivity contribution is 6.25. The molecule has 0 saturated heterocycles. The molecule has 0 atom stereocenters. The van der Waals surface area contributed by atoms with Crippen molar-refractivity contribution >= 4 is 28.5 Å². The van der Waals surface area contributed by atoms with E-state index < -0.39 is 0 Å². The van der Waals surface area contributed by atoms with Gasteiger partial charge in [-0.1, -0.05) is 62.0 Å². The summed E-state index contributed by atoms with van der Waals surface area (Å²) in [7, 11) is 9.01. The SMILES string of the molecule is CC(C)(CN1C(=O)c2cccc3cccc(c23)C1=O)C[N+](C)(C)CCCCCCCC[N+](C)(C)CC#CCOC1=NOCC1.[Br-].[Br-]. The molecule has 0 fully saturated rings. The Morgan fingerprint density at radius 3 is 1.98 bits per heavy atom. The maximum atomic E-state index is 13.4. The van der Waals surface area contributed by atoms with E-state index in [-0.39, 0.29) is 51.2 Å². The predicted octanol–water partition coefficient (Wildman–Crippen LogP) is -0.283. The molecule has 10 heteroatoms. The van der Waals surface area contributed by atoms with E-state index in [0.29, 0.717) is 36.8 Å². The zero-order valence-corrected chi connectivity index (χ0v) is 31.7. The van der Waals surface area contributed by atoms with Gasteiger partial charge in [0.15, 0.2) is 6.61 Å². The minimum Gasteiger partial charge on any atom is -1.00 e. The fourth-order valence-electron chi connectivity index (χ4n) is 6.64. The predicted molar refractivity (Wildman–Crippen MR) is 176 cm³/mol. The van der Waals surface area contributed by atoms with Crippen molar-refractivity contribution in [3.63, 3.8) is 0 Å². The van der Waals surface area contributed by atoms with Crippen molar-refractivity contribution in [2.45, 2.75) is 58.8 Å². The number of hydrogen-bond donors (Lipinski definition) is 0. The summed E-state index contributed by atoms with van der Waals surface area (Å²) < 4.78 is 7.25. The number of benzene rings is 2. The Labute approximate surface area is 297 Å². The molecule has 2 aliphatic heterocycles. The largest absolute Gasteiger partial charge is 1.00 e. The van der Waals surface area contributed by atoms with Gasteiger partial charge in [0.05, 0.1) is 54.2 Å². The highest BCUT2D eigenvalue weighted by atomic mass is 79.9. The molecular formula is C36H52Br2N4O4. The Kier molecular flexibility index (Phi) is 15.2. The van der Waals surface area contributed by atoms with Gasteiger partial charge in [0.25, 0.3) is 11.8 Å². The highest BCUT2D eigenvalue weighted by Gasteiger charge is 2.38. The monoisotopic (exact) mass is 762 g/mol. The average molecular weight is 765 g/mol. The summed E-state index contributed by atoms with van der Waals surface area (Å²) in [6, 6.07) is 11.4. The van der Waals surface area contributed by atoms with Crippen molar-refractivity contribution in [2.75, 3.05) is 74.1 Å². The Balaban J connectivity index is 0.00000368. The zero-order chi connectivity index (χ0) is 31.8. The van der Waals surface area contributed by atoms with Gasteiger partial charge in [0.1, 0.15) is 13.2 Å². The van der Waals surface area contributed by atoms with E-state index in [1.807, 2.05) is 36.4 Å². The van der Waals surface area contributed by atoms with E-state index in [0.717, 1.165) is 52.3 Å². The van der Waals surface area contributed by atoms with Crippen molar-refractivity contribution < 1.29 is 62.1 Å². The molecule has 46 heavy (non-hydrogen) atoms. The Bertz CT molecular complexity index is 1380. The molecule has 2 heterocycles. The first-order valence-corrected chi connectivity index (χ1v) is 16.2. The van der Waals surface area contributed by atoms with E-state index in [1.165, 1.54) is 43.4 Å². The normalized spacial score (nSPS) is 14.6. The number of carbonyl (C=O) groups excluding carboxylic acids is 2. The van der Waals surface area contributed by atoms with Gasteiger partial charge in [-0.25, -0.2) is 0 Å². The number of hydrogen-bond acceptors (Lipinski definition) is 5. The second-order valence-electron chi connectivity index (χ2n) is 14.5. The molecule has 8 nitrogen and oxygen atoms in total. The topological polar surface area (TPSA) is 68.2 Å². The van der Waals surface area contributed by atoms with Gasteiger partial charge in [-0.05, 0) is 49.1 Å². The molecule has 0 bridgehead atoms. The van der Waals surface area contributed by atoms with Gasteiger partial charge in [0.2, 0.25) is 5.90 Å². The van der Waals surface area contributed by atoms with E-state index in [4.69, 9.17) is 9.57 Å². The minimum atomic E-state index is -0.211. The van der Waals surface area contributed by atoms with Crippen LogP contribution in [0, 0.1) is 17.3 Å².